The van der Waals surface area contributed by atoms with Gasteiger partial charge in [0.25, 0.3) is 0 Å². The van der Waals surface area contributed by atoms with Crippen molar-refractivity contribution in [3.63, 3.8) is 0 Å². The van der Waals surface area contributed by atoms with Gasteiger partial charge in [0, 0.05) is 0 Å². The van der Waals surface area contributed by atoms with E-state index >= 15 is 0 Å². The normalized spacial score (nSPS) is 20.8. The highest BCUT2D eigenvalue weighted by atomic mass is 16.3. The number of hydrogen-bond acceptors (Lipinski definition) is 2. The predicted molar refractivity (Wildman–Crippen MR) is 85.3 cm³/mol. The summed E-state index contributed by atoms with van der Waals surface area (Å²) >= 11 is 0. The molecule has 0 radical (unpaired) electrons. The summed E-state index contributed by atoms with van der Waals surface area (Å²) in [7, 11) is 0. The van der Waals surface area contributed by atoms with Gasteiger partial charge in [0.15, 0.2) is 0 Å². The van der Waals surface area contributed by atoms with Crippen LogP contribution in [0.15, 0.2) is 66.3 Å². The number of phenolic OH excluding ortho intramolecular Hbond substituents is 1. The Hall–Kier alpha value is -2.06. The lowest BCUT2D eigenvalue weighted by atomic mass is 9.83. The Labute approximate surface area is 120 Å². The molecule has 0 saturated heterocycles. The van der Waals surface area contributed by atoms with Crippen LogP contribution in [0.1, 0.15) is 19.4 Å². The van der Waals surface area contributed by atoms with E-state index in [4.69, 9.17) is 5.73 Å². The summed E-state index contributed by atoms with van der Waals surface area (Å²) in [6.45, 7) is 8.07. The quantitative estimate of drug-likeness (QED) is 0.874. The zero-order valence-electron chi connectivity index (χ0n) is 12.0. The molecule has 0 spiro atoms. The van der Waals surface area contributed by atoms with Crippen LogP contribution in [-0.2, 0) is 0 Å². The highest BCUT2D eigenvalue weighted by Crippen LogP contribution is 2.32. The molecule has 1 aliphatic rings. The van der Waals surface area contributed by atoms with Crippen molar-refractivity contribution in [3.05, 3.63) is 71.9 Å². The fourth-order valence-corrected chi connectivity index (χ4v) is 2.34. The molecule has 20 heavy (non-hydrogen) atoms. The number of rotatable bonds is 3. The maximum absolute atomic E-state index is 9.66. The van der Waals surface area contributed by atoms with Crippen LogP contribution in [-0.4, -0.2) is 11.1 Å². The smallest absolute Gasteiger partial charge is 0.116 e. The number of hydrogen-bond donors (Lipinski definition) is 2. The maximum atomic E-state index is 9.66. The minimum Gasteiger partial charge on any atom is -0.508 e. The van der Waals surface area contributed by atoms with Crippen LogP contribution in [0.2, 0.25) is 0 Å². The van der Waals surface area contributed by atoms with Crippen molar-refractivity contribution in [1.29, 1.82) is 0 Å². The monoisotopic (exact) mass is 267 g/mol. The molecule has 0 fully saturated rings. The summed E-state index contributed by atoms with van der Waals surface area (Å²) in [4.78, 5) is 0. The van der Waals surface area contributed by atoms with Gasteiger partial charge in [-0.25, -0.2) is 0 Å². The van der Waals surface area contributed by atoms with E-state index in [0.717, 1.165) is 16.7 Å². The van der Waals surface area contributed by atoms with Gasteiger partial charge in [-0.1, -0.05) is 56.9 Å². The third-order valence-electron chi connectivity index (χ3n) is 3.51. The second-order valence-corrected chi connectivity index (χ2v) is 5.33. The maximum Gasteiger partial charge on any atom is 0.116 e. The van der Waals surface area contributed by atoms with E-state index in [1.54, 1.807) is 18.2 Å². The number of phenols is 1. The van der Waals surface area contributed by atoms with E-state index in [1.807, 2.05) is 18.2 Å². The van der Waals surface area contributed by atoms with Crippen molar-refractivity contribution < 1.29 is 5.11 Å². The molecule has 0 heterocycles. The molecule has 2 heteroatoms. The first-order chi connectivity index (χ1) is 9.52. The van der Waals surface area contributed by atoms with Crippen LogP contribution in [0.25, 0.3) is 5.57 Å². The highest BCUT2D eigenvalue weighted by molar-refractivity contribution is 5.78. The van der Waals surface area contributed by atoms with Crippen molar-refractivity contribution in [1.82, 2.24) is 0 Å². The molecular formula is C18H21NO. The Kier molecular flexibility index (Phi) is 4.26. The van der Waals surface area contributed by atoms with Crippen molar-refractivity contribution in [2.75, 3.05) is 0 Å². The summed E-state index contributed by atoms with van der Waals surface area (Å²) < 4.78 is 0. The van der Waals surface area contributed by atoms with Gasteiger partial charge in [-0.2, -0.15) is 0 Å². The molecular weight excluding hydrogens is 246 g/mol. The standard InChI is InChI=1S/C18H21NO/c1-4-6-14-9-15(12(2)3)11-17(18(14)19)13-7-5-8-16(20)10-13/h4-12,18,20H,1,19H2,2-3H3/b14-6-. The van der Waals surface area contributed by atoms with Crippen molar-refractivity contribution in [3.8, 4) is 5.75 Å². The molecule has 0 aromatic heterocycles. The van der Waals surface area contributed by atoms with E-state index in [1.165, 1.54) is 5.57 Å². The number of benzene rings is 1. The van der Waals surface area contributed by atoms with E-state index in [2.05, 4.69) is 32.6 Å². The Balaban J connectivity index is 2.53. The summed E-state index contributed by atoms with van der Waals surface area (Å²) in [5.74, 6) is 0.675. The molecule has 1 aliphatic carbocycles. The van der Waals surface area contributed by atoms with Crippen LogP contribution in [0, 0.1) is 5.92 Å². The second kappa shape index (κ2) is 5.93. The van der Waals surface area contributed by atoms with Gasteiger partial charge in [0.05, 0.1) is 6.04 Å². The summed E-state index contributed by atoms with van der Waals surface area (Å²) in [6, 6.07) is 7.03. The van der Waals surface area contributed by atoms with Gasteiger partial charge < -0.3 is 10.8 Å². The van der Waals surface area contributed by atoms with Gasteiger partial charge in [0.1, 0.15) is 5.75 Å². The number of nitrogens with two attached hydrogens (primary N) is 1. The Morgan fingerprint density at radius 3 is 2.65 bits per heavy atom. The highest BCUT2D eigenvalue weighted by Gasteiger charge is 2.21. The molecule has 1 atom stereocenters. The van der Waals surface area contributed by atoms with Crippen LogP contribution in [0.3, 0.4) is 0 Å². The Morgan fingerprint density at radius 2 is 2.05 bits per heavy atom. The molecule has 3 N–H and O–H groups in total. The van der Waals surface area contributed by atoms with E-state index in [9.17, 15) is 5.11 Å². The molecule has 1 aromatic carbocycles. The fraction of sp³-hybridized carbons (Fsp3) is 0.222. The molecule has 1 unspecified atom stereocenters. The number of aromatic hydroxyl groups is 1. The lowest BCUT2D eigenvalue weighted by molar-refractivity contribution is 0.475. The van der Waals surface area contributed by atoms with Gasteiger partial charge in [-0.05, 0) is 40.3 Å². The van der Waals surface area contributed by atoms with Crippen molar-refractivity contribution in [2.45, 2.75) is 19.9 Å². The van der Waals surface area contributed by atoms with Gasteiger partial charge in [-0.3, -0.25) is 0 Å². The van der Waals surface area contributed by atoms with Gasteiger partial charge >= 0.3 is 0 Å². The third-order valence-corrected chi connectivity index (χ3v) is 3.51. The zero-order valence-corrected chi connectivity index (χ0v) is 12.0. The first-order valence-corrected chi connectivity index (χ1v) is 6.83. The van der Waals surface area contributed by atoms with Gasteiger partial charge in [0.2, 0.25) is 0 Å². The lowest BCUT2D eigenvalue weighted by Crippen LogP contribution is -2.26. The molecule has 2 rings (SSSR count). The summed E-state index contributed by atoms with van der Waals surface area (Å²) in [5.41, 5.74) is 10.6. The van der Waals surface area contributed by atoms with Crippen LogP contribution >= 0.6 is 0 Å². The van der Waals surface area contributed by atoms with Gasteiger partial charge in [-0.15, -0.1) is 0 Å². The van der Waals surface area contributed by atoms with Crippen molar-refractivity contribution >= 4 is 5.57 Å². The zero-order chi connectivity index (χ0) is 14.7. The van der Waals surface area contributed by atoms with Crippen LogP contribution in [0.4, 0.5) is 0 Å². The van der Waals surface area contributed by atoms with Crippen LogP contribution in [0.5, 0.6) is 5.75 Å². The Bertz CT molecular complexity index is 606. The molecule has 0 saturated carbocycles. The largest absolute Gasteiger partial charge is 0.508 e. The minimum atomic E-state index is -0.197. The summed E-state index contributed by atoms with van der Waals surface area (Å²) in [6.07, 6.45) is 7.96. The van der Waals surface area contributed by atoms with Crippen LogP contribution < -0.4 is 5.73 Å². The number of allylic oxidation sites excluding steroid dienone is 4. The Morgan fingerprint density at radius 1 is 1.30 bits per heavy atom. The topological polar surface area (TPSA) is 46.2 Å². The summed E-state index contributed by atoms with van der Waals surface area (Å²) in [5, 5.41) is 9.66. The average Bonchev–Trinajstić information content (AvgIpc) is 2.41. The molecule has 104 valence electrons. The molecule has 0 aliphatic heterocycles. The molecule has 2 nitrogen and oxygen atoms in total. The van der Waals surface area contributed by atoms with E-state index < -0.39 is 0 Å². The predicted octanol–water partition coefficient (Wildman–Crippen LogP) is 3.81. The lowest BCUT2D eigenvalue weighted by Gasteiger charge is -2.25. The fourth-order valence-electron chi connectivity index (χ4n) is 2.34. The average molecular weight is 267 g/mol. The third kappa shape index (κ3) is 2.91. The minimum absolute atomic E-state index is 0.197. The molecule has 1 aromatic rings. The molecule has 0 amide bonds. The van der Waals surface area contributed by atoms with E-state index in [0.29, 0.717) is 5.92 Å². The molecule has 0 bridgehead atoms. The SMILES string of the molecule is C=C/C=C1/C=C(C(C)C)C=C(c2cccc(O)c2)C1N. The first kappa shape index (κ1) is 14.4. The van der Waals surface area contributed by atoms with E-state index in [-0.39, 0.29) is 11.8 Å². The second-order valence-electron chi connectivity index (χ2n) is 5.33. The van der Waals surface area contributed by atoms with Crippen molar-refractivity contribution in [2.24, 2.45) is 11.7 Å². The first-order valence-electron chi connectivity index (χ1n) is 6.83.